The molecule has 0 aliphatic heterocycles. The molecule has 3 aromatic carbocycles. The zero-order valence-electron chi connectivity index (χ0n) is 14.9. The predicted molar refractivity (Wildman–Crippen MR) is 108 cm³/mol. The van der Waals surface area contributed by atoms with Crippen LogP contribution in [0.2, 0.25) is 0 Å². The Kier molecular flexibility index (Phi) is 3.54. The molecule has 3 nitrogen and oxygen atoms in total. The van der Waals surface area contributed by atoms with Gasteiger partial charge in [0.15, 0.2) is 0 Å². The summed E-state index contributed by atoms with van der Waals surface area (Å²) in [7, 11) is 0. The summed E-state index contributed by atoms with van der Waals surface area (Å²) >= 11 is 0. The summed E-state index contributed by atoms with van der Waals surface area (Å²) in [6.45, 7) is 1.87. The maximum absolute atomic E-state index is 12.4. The van der Waals surface area contributed by atoms with Crippen molar-refractivity contribution >= 4 is 33.6 Å². The molecule has 0 N–H and O–H groups in total. The van der Waals surface area contributed by atoms with Crippen molar-refractivity contribution < 1.29 is 9.53 Å². The van der Waals surface area contributed by atoms with E-state index in [1.807, 2.05) is 25.1 Å². The lowest BCUT2D eigenvalue weighted by Gasteiger charge is -2.11. The highest BCUT2D eigenvalue weighted by Crippen LogP contribution is 2.34. The number of aryl methyl sites for hydroxylation is 1. The van der Waals surface area contributed by atoms with Crippen LogP contribution in [0.4, 0.5) is 0 Å². The Morgan fingerprint density at radius 1 is 1.00 bits per heavy atom. The molecule has 0 atom stereocenters. The predicted octanol–water partition coefficient (Wildman–Crippen LogP) is 5.48. The van der Waals surface area contributed by atoms with Gasteiger partial charge in [-0.25, -0.2) is 4.79 Å². The minimum absolute atomic E-state index is 0.385. The van der Waals surface area contributed by atoms with Crippen LogP contribution in [0.25, 0.3) is 27.6 Å². The molecule has 5 rings (SSSR count). The highest BCUT2D eigenvalue weighted by Gasteiger charge is 2.14. The van der Waals surface area contributed by atoms with Crippen molar-refractivity contribution in [2.24, 2.45) is 0 Å². The summed E-state index contributed by atoms with van der Waals surface area (Å²) < 4.78 is 5.59. The van der Waals surface area contributed by atoms with E-state index in [4.69, 9.17) is 4.74 Å². The standard InChI is InChI=1S/C24H17NO2/c1-15-11-12-25-14-23(15)24(26)27-18-7-10-20-17(13-18)6-9-21-19-4-2-3-16(19)5-8-22(20)21/h2-3,5-14H,4H2,1H3. The monoisotopic (exact) mass is 351 g/mol. The van der Waals surface area contributed by atoms with Gasteiger partial charge in [-0.15, -0.1) is 0 Å². The summed E-state index contributed by atoms with van der Waals surface area (Å²) in [5, 5.41) is 4.75. The number of benzene rings is 3. The van der Waals surface area contributed by atoms with Gasteiger partial charge in [0.25, 0.3) is 0 Å². The van der Waals surface area contributed by atoms with E-state index in [2.05, 4.69) is 41.4 Å². The van der Waals surface area contributed by atoms with Crippen molar-refractivity contribution in [2.45, 2.75) is 13.3 Å². The van der Waals surface area contributed by atoms with Crippen LogP contribution in [0.3, 0.4) is 0 Å². The second-order valence-electron chi connectivity index (χ2n) is 6.86. The van der Waals surface area contributed by atoms with E-state index >= 15 is 0 Å². The molecule has 0 amide bonds. The number of carbonyl (C=O) groups is 1. The summed E-state index contributed by atoms with van der Waals surface area (Å²) in [5.74, 6) is 0.155. The van der Waals surface area contributed by atoms with Crippen LogP contribution in [0, 0.1) is 6.92 Å². The number of hydrogen-bond acceptors (Lipinski definition) is 3. The largest absolute Gasteiger partial charge is 0.423 e. The number of ether oxygens (including phenoxy) is 1. The molecule has 0 bridgehead atoms. The van der Waals surface area contributed by atoms with E-state index in [0.717, 1.165) is 17.4 Å². The third-order valence-electron chi connectivity index (χ3n) is 5.22. The van der Waals surface area contributed by atoms with Crippen LogP contribution in [0.5, 0.6) is 5.75 Å². The van der Waals surface area contributed by atoms with E-state index in [1.54, 1.807) is 18.5 Å². The molecule has 1 aliphatic carbocycles. The minimum atomic E-state index is -0.385. The van der Waals surface area contributed by atoms with Crippen LogP contribution in [-0.2, 0) is 6.42 Å². The number of esters is 1. The Hall–Kier alpha value is -3.46. The van der Waals surface area contributed by atoms with E-state index < -0.39 is 0 Å². The number of carbonyl (C=O) groups excluding carboxylic acids is 1. The first-order valence-corrected chi connectivity index (χ1v) is 8.98. The molecule has 0 unspecified atom stereocenters. The number of rotatable bonds is 2. The Bertz CT molecular complexity index is 1250. The van der Waals surface area contributed by atoms with Gasteiger partial charge in [0.2, 0.25) is 0 Å². The lowest BCUT2D eigenvalue weighted by atomic mass is 9.96. The van der Waals surface area contributed by atoms with Crippen molar-refractivity contribution in [1.29, 1.82) is 0 Å². The van der Waals surface area contributed by atoms with Gasteiger partial charge in [0.05, 0.1) is 5.56 Å². The fourth-order valence-corrected chi connectivity index (χ4v) is 3.79. The smallest absolute Gasteiger partial charge is 0.345 e. The maximum atomic E-state index is 12.4. The Morgan fingerprint density at radius 3 is 2.74 bits per heavy atom. The maximum Gasteiger partial charge on any atom is 0.345 e. The molecule has 0 spiro atoms. The number of allylic oxidation sites excluding steroid dienone is 1. The summed E-state index contributed by atoms with van der Waals surface area (Å²) in [6.07, 6.45) is 8.58. The zero-order chi connectivity index (χ0) is 18.4. The van der Waals surface area contributed by atoms with Gasteiger partial charge in [-0.3, -0.25) is 4.98 Å². The molecule has 130 valence electrons. The lowest BCUT2D eigenvalue weighted by Crippen LogP contribution is -2.10. The van der Waals surface area contributed by atoms with Gasteiger partial charge >= 0.3 is 5.97 Å². The molecule has 1 aromatic heterocycles. The molecule has 0 radical (unpaired) electrons. The molecule has 27 heavy (non-hydrogen) atoms. The first-order chi connectivity index (χ1) is 13.2. The second kappa shape index (κ2) is 6.06. The highest BCUT2D eigenvalue weighted by molar-refractivity contribution is 6.10. The van der Waals surface area contributed by atoms with Crippen LogP contribution < -0.4 is 4.74 Å². The fourth-order valence-electron chi connectivity index (χ4n) is 3.79. The number of hydrogen-bond donors (Lipinski definition) is 0. The Labute approximate surface area is 156 Å². The molecular weight excluding hydrogens is 334 g/mol. The second-order valence-corrected chi connectivity index (χ2v) is 6.86. The van der Waals surface area contributed by atoms with Crippen molar-refractivity contribution in [3.63, 3.8) is 0 Å². The topological polar surface area (TPSA) is 39.2 Å². The number of aromatic nitrogens is 1. The van der Waals surface area contributed by atoms with Gasteiger partial charge < -0.3 is 4.74 Å². The van der Waals surface area contributed by atoms with Crippen LogP contribution in [0.15, 0.2) is 67.0 Å². The van der Waals surface area contributed by atoms with Crippen LogP contribution in [0.1, 0.15) is 27.0 Å². The van der Waals surface area contributed by atoms with E-state index in [9.17, 15) is 4.79 Å². The van der Waals surface area contributed by atoms with Crippen LogP contribution in [-0.4, -0.2) is 11.0 Å². The van der Waals surface area contributed by atoms with Crippen molar-refractivity contribution in [1.82, 2.24) is 4.98 Å². The third kappa shape index (κ3) is 2.59. The molecule has 3 heteroatoms. The van der Waals surface area contributed by atoms with Gasteiger partial charge in [-0.05, 0) is 69.8 Å². The van der Waals surface area contributed by atoms with Crippen molar-refractivity contribution in [2.75, 3.05) is 0 Å². The SMILES string of the molecule is Cc1ccncc1C(=O)Oc1ccc2c(ccc3c4c(ccc32)C=CC4)c1. The third-order valence-corrected chi connectivity index (χ3v) is 5.22. The highest BCUT2D eigenvalue weighted by atomic mass is 16.5. The van der Waals surface area contributed by atoms with E-state index in [1.165, 1.54) is 27.3 Å². The van der Waals surface area contributed by atoms with E-state index in [-0.39, 0.29) is 5.97 Å². The average molecular weight is 351 g/mol. The van der Waals surface area contributed by atoms with Crippen molar-refractivity contribution in [3.05, 3.63) is 89.3 Å². The van der Waals surface area contributed by atoms with Gasteiger partial charge in [0, 0.05) is 12.4 Å². The molecule has 0 saturated carbocycles. The van der Waals surface area contributed by atoms with Crippen molar-refractivity contribution in [3.8, 4) is 5.75 Å². The first kappa shape index (κ1) is 15.8. The quantitative estimate of drug-likeness (QED) is 0.272. The van der Waals surface area contributed by atoms with Gasteiger partial charge in [-0.1, -0.05) is 42.5 Å². The minimum Gasteiger partial charge on any atom is -0.423 e. The molecular formula is C24H17NO2. The number of fused-ring (bicyclic) bond motifs is 5. The van der Waals surface area contributed by atoms with E-state index in [0.29, 0.717) is 11.3 Å². The fraction of sp³-hybridized carbons (Fsp3) is 0.0833. The summed E-state index contributed by atoms with van der Waals surface area (Å²) in [6, 6.07) is 16.2. The number of pyridine rings is 1. The van der Waals surface area contributed by atoms with Gasteiger partial charge in [-0.2, -0.15) is 0 Å². The molecule has 4 aromatic rings. The molecule has 0 fully saturated rings. The zero-order valence-corrected chi connectivity index (χ0v) is 14.9. The summed E-state index contributed by atoms with van der Waals surface area (Å²) in [5.41, 5.74) is 4.03. The Morgan fingerprint density at radius 2 is 1.85 bits per heavy atom. The first-order valence-electron chi connectivity index (χ1n) is 8.98. The van der Waals surface area contributed by atoms with Crippen LogP contribution >= 0.6 is 0 Å². The molecule has 0 saturated heterocycles. The normalized spacial score (nSPS) is 12.5. The number of nitrogens with zero attached hydrogens (tertiary/aromatic N) is 1. The molecule has 1 heterocycles. The average Bonchev–Trinajstić information content (AvgIpc) is 3.17. The Balaban J connectivity index is 1.55. The lowest BCUT2D eigenvalue weighted by molar-refractivity contribution is 0.0734. The molecule has 1 aliphatic rings. The van der Waals surface area contributed by atoms with Gasteiger partial charge in [0.1, 0.15) is 5.75 Å². The summed E-state index contributed by atoms with van der Waals surface area (Å²) in [4.78, 5) is 16.5.